The van der Waals surface area contributed by atoms with E-state index < -0.39 is 0 Å². The minimum Gasteiger partial charge on any atom is -0.325 e. The van der Waals surface area contributed by atoms with E-state index in [0.29, 0.717) is 17.9 Å². The molecule has 23 heavy (non-hydrogen) atoms. The first-order chi connectivity index (χ1) is 11.3. The Bertz CT molecular complexity index is 742. The Labute approximate surface area is 138 Å². The average molecular weight is 324 g/mol. The van der Waals surface area contributed by atoms with Gasteiger partial charge in [0.05, 0.1) is 11.9 Å². The van der Waals surface area contributed by atoms with E-state index in [4.69, 9.17) is 0 Å². The molecule has 0 atom stereocenters. The lowest BCUT2D eigenvalue weighted by atomic mass is 10.3. The van der Waals surface area contributed by atoms with Crippen molar-refractivity contribution in [1.29, 1.82) is 0 Å². The molecule has 0 radical (unpaired) electrons. The molecule has 1 aromatic carbocycles. The minimum absolute atomic E-state index is 0.0120. The van der Waals surface area contributed by atoms with E-state index in [9.17, 15) is 4.79 Å². The molecular formula is C17H16N4OS. The van der Waals surface area contributed by atoms with Gasteiger partial charge in [-0.2, -0.15) is 5.10 Å². The third kappa shape index (κ3) is 4.43. The molecule has 6 heteroatoms. The molecule has 1 amide bonds. The zero-order valence-electron chi connectivity index (χ0n) is 12.4. The lowest BCUT2D eigenvalue weighted by Crippen LogP contribution is -2.12. The van der Waals surface area contributed by atoms with Gasteiger partial charge in [-0.25, -0.2) is 9.67 Å². The maximum absolute atomic E-state index is 11.9. The van der Waals surface area contributed by atoms with Crippen LogP contribution in [0.5, 0.6) is 0 Å². The van der Waals surface area contributed by atoms with Crippen LogP contribution in [0.15, 0.2) is 72.0 Å². The molecule has 2 aromatic heterocycles. The highest BCUT2D eigenvalue weighted by Gasteiger charge is 2.04. The minimum atomic E-state index is -0.0120. The SMILES string of the molecule is O=C(CCSc1ccccc1)Nc1ccc(-n2cccn2)nc1. The second-order valence-electron chi connectivity index (χ2n) is 4.82. The van der Waals surface area contributed by atoms with Crippen molar-refractivity contribution in [3.63, 3.8) is 0 Å². The van der Waals surface area contributed by atoms with E-state index in [2.05, 4.69) is 15.4 Å². The van der Waals surface area contributed by atoms with Gasteiger partial charge in [-0.1, -0.05) is 18.2 Å². The largest absolute Gasteiger partial charge is 0.325 e. The number of anilines is 1. The van der Waals surface area contributed by atoms with Crippen LogP contribution >= 0.6 is 11.8 Å². The summed E-state index contributed by atoms with van der Waals surface area (Å²) in [6, 6.07) is 15.5. The smallest absolute Gasteiger partial charge is 0.225 e. The Kier molecular flexibility index (Phi) is 5.06. The number of hydrogen-bond acceptors (Lipinski definition) is 4. The van der Waals surface area contributed by atoms with Gasteiger partial charge in [0.25, 0.3) is 0 Å². The molecule has 0 saturated carbocycles. The van der Waals surface area contributed by atoms with Crippen LogP contribution in [0.25, 0.3) is 5.82 Å². The quantitative estimate of drug-likeness (QED) is 0.706. The van der Waals surface area contributed by atoms with E-state index in [1.165, 1.54) is 4.90 Å². The van der Waals surface area contributed by atoms with E-state index in [-0.39, 0.29) is 5.91 Å². The van der Waals surface area contributed by atoms with E-state index in [0.717, 1.165) is 5.75 Å². The first-order valence-corrected chi connectivity index (χ1v) is 8.23. The molecule has 0 bridgehead atoms. The van der Waals surface area contributed by atoms with E-state index in [1.54, 1.807) is 28.8 Å². The maximum Gasteiger partial charge on any atom is 0.225 e. The zero-order chi connectivity index (χ0) is 15.9. The highest BCUT2D eigenvalue weighted by Crippen LogP contribution is 2.18. The zero-order valence-corrected chi connectivity index (χ0v) is 13.2. The topological polar surface area (TPSA) is 59.8 Å². The number of benzene rings is 1. The van der Waals surface area contributed by atoms with Crippen LogP contribution in [0.2, 0.25) is 0 Å². The fourth-order valence-electron chi connectivity index (χ4n) is 2.00. The fraction of sp³-hybridized carbons (Fsp3) is 0.118. The Morgan fingerprint density at radius 3 is 2.70 bits per heavy atom. The molecule has 0 aliphatic heterocycles. The summed E-state index contributed by atoms with van der Waals surface area (Å²) in [5.41, 5.74) is 0.690. The molecule has 3 rings (SSSR count). The lowest BCUT2D eigenvalue weighted by Gasteiger charge is -2.06. The highest BCUT2D eigenvalue weighted by molar-refractivity contribution is 7.99. The molecule has 0 spiro atoms. The monoisotopic (exact) mass is 324 g/mol. The molecule has 2 heterocycles. The first kappa shape index (κ1) is 15.3. The molecule has 0 saturated heterocycles. The summed E-state index contributed by atoms with van der Waals surface area (Å²) >= 11 is 1.67. The van der Waals surface area contributed by atoms with Gasteiger partial charge >= 0.3 is 0 Å². The van der Waals surface area contributed by atoms with Crippen LogP contribution in [0.3, 0.4) is 0 Å². The Morgan fingerprint density at radius 1 is 1.13 bits per heavy atom. The predicted octanol–water partition coefficient (Wildman–Crippen LogP) is 3.39. The summed E-state index contributed by atoms with van der Waals surface area (Å²) in [6.45, 7) is 0. The van der Waals surface area contributed by atoms with Crippen molar-refractivity contribution in [3.05, 3.63) is 67.1 Å². The van der Waals surface area contributed by atoms with Crippen molar-refractivity contribution in [2.24, 2.45) is 0 Å². The van der Waals surface area contributed by atoms with Crippen LogP contribution in [0.1, 0.15) is 6.42 Å². The van der Waals surface area contributed by atoms with E-state index in [1.807, 2.05) is 54.7 Å². The van der Waals surface area contributed by atoms with Crippen LogP contribution < -0.4 is 5.32 Å². The molecule has 1 N–H and O–H groups in total. The van der Waals surface area contributed by atoms with Gasteiger partial charge in [0.2, 0.25) is 5.91 Å². The second kappa shape index (κ2) is 7.60. The first-order valence-electron chi connectivity index (χ1n) is 7.25. The highest BCUT2D eigenvalue weighted by atomic mass is 32.2. The Balaban J connectivity index is 1.48. The van der Waals surface area contributed by atoms with Crippen molar-refractivity contribution in [2.75, 3.05) is 11.1 Å². The third-order valence-electron chi connectivity index (χ3n) is 3.11. The normalized spacial score (nSPS) is 10.4. The summed E-state index contributed by atoms with van der Waals surface area (Å²) in [5.74, 6) is 1.45. The van der Waals surface area contributed by atoms with Crippen LogP contribution in [-0.4, -0.2) is 26.4 Å². The number of nitrogens with zero attached hydrogens (tertiary/aromatic N) is 3. The van der Waals surface area contributed by atoms with Gasteiger partial charge < -0.3 is 5.32 Å². The van der Waals surface area contributed by atoms with Crippen molar-refractivity contribution >= 4 is 23.4 Å². The molecule has 3 aromatic rings. The molecule has 0 aliphatic carbocycles. The number of hydrogen-bond donors (Lipinski definition) is 1. The summed E-state index contributed by atoms with van der Waals surface area (Å²) in [5, 5.41) is 6.97. The van der Waals surface area contributed by atoms with Gasteiger partial charge in [0.15, 0.2) is 5.82 Å². The molecule has 0 unspecified atom stereocenters. The van der Waals surface area contributed by atoms with Gasteiger partial charge in [-0.15, -0.1) is 11.8 Å². The summed E-state index contributed by atoms with van der Waals surface area (Å²) in [7, 11) is 0. The standard InChI is InChI=1S/C17H16N4OS/c22-17(9-12-23-15-5-2-1-3-6-15)20-14-7-8-16(18-13-14)21-11-4-10-19-21/h1-8,10-11,13H,9,12H2,(H,20,22). The maximum atomic E-state index is 11.9. The number of rotatable bonds is 6. The number of aromatic nitrogens is 3. The second-order valence-corrected chi connectivity index (χ2v) is 5.98. The van der Waals surface area contributed by atoms with Crippen molar-refractivity contribution in [3.8, 4) is 5.82 Å². The van der Waals surface area contributed by atoms with Gasteiger partial charge in [-0.05, 0) is 30.3 Å². The third-order valence-corrected chi connectivity index (χ3v) is 4.13. The van der Waals surface area contributed by atoms with Crippen LogP contribution in [0, 0.1) is 0 Å². The Hall–Kier alpha value is -2.60. The summed E-state index contributed by atoms with van der Waals surface area (Å²) in [4.78, 5) is 17.4. The number of amides is 1. The van der Waals surface area contributed by atoms with E-state index >= 15 is 0 Å². The fourth-order valence-corrected chi connectivity index (χ4v) is 2.87. The Morgan fingerprint density at radius 2 is 2.00 bits per heavy atom. The molecule has 5 nitrogen and oxygen atoms in total. The number of nitrogens with one attached hydrogen (secondary N) is 1. The average Bonchev–Trinajstić information content (AvgIpc) is 3.11. The summed E-state index contributed by atoms with van der Waals surface area (Å²) < 4.78 is 1.67. The lowest BCUT2D eigenvalue weighted by molar-refractivity contribution is -0.115. The molecule has 0 fully saturated rings. The number of pyridine rings is 1. The number of carbonyl (C=O) groups excluding carboxylic acids is 1. The summed E-state index contributed by atoms with van der Waals surface area (Å²) in [6.07, 6.45) is 5.61. The van der Waals surface area contributed by atoms with Crippen LogP contribution in [-0.2, 0) is 4.79 Å². The molecule has 0 aliphatic rings. The van der Waals surface area contributed by atoms with Gasteiger partial charge in [-0.3, -0.25) is 4.79 Å². The van der Waals surface area contributed by atoms with Crippen molar-refractivity contribution < 1.29 is 4.79 Å². The van der Waals surface area contributed by atoms with Crippen LogP contribution in [0.4, 0.5) is 5.69 Å². The number of thioether (sulfide) groups is 1. The number of carbonyl (C=O) groups is 1. The predicted molar refractivity (Wildman–Crippen MR) is 91.8 cm³/mol. The van der Waals surface area contributed by atoms with Gasteiger partial charge in [0, 0.05) is 29.5 Å². The van der Waals surface area contributed by atoms with Gasteiger partial charge in [0.1, 0.15) is 0 Å². The molecular weight excluding hydrogens is 308 g/mol. The van der Waals surface area contributed by atoms with Crippen molar-refractivity contribution in [2.45, 2.75) is 11.3 Å². The van der Waals surface area contributed by atoms with Crippen molar-refractivity contribution in [1.82, 2.24) is 14.8 Å². The molecule has 116 valence electrons.